The van der Waals surface area contributed by atoms with Gasteiger partial charge in [-0.15, -0.1) is 0 Å². The van der Waals surface area contributed by atoms with E-state index in [1.165, 1.54) is 0 Å². The van der Waals surface area contributed by atoms with Gasteiger partial charge in [0.1, 0.15) is 5.82 Å². The lowest BCUT2D eigenvalue weighted by molar-refractivity contribution is 0.0265. The SMILES string of the molecule is CC(C)[C@](C)(O)CNc1ccc(Br)cn1. The van der Waals surface area contributed by atoms with E-state index in [0.717, 1.165) is 10.3 Å². The van der Waals surface area contributed by atoms with Crippen molar-refractivity contribution >= 4 is 21.7 Å². The summed E-state index contributed by atoms with van der Waals surface area (Å²) in [7, 11) is 0. The predicted octanol–water partition coefficient (Wildman–Crippen LogP) is 2.66. The minimum atomic E-state index is -0.714. The summed E-state index contributed by atoms with van der Waals surface area (Å²) in [4.78, 5) is 4.17. The minimum absolute atomic E-state index is 0.209. The number of aromatic nitrogens is 1. The van der Waals surface area contributed by atoms with Gasteiger partial charge in [0.25, 0.3) is 0 Å². The molecule has 1 rings (SSSR count). The molecule has 0 aliphatic carbocycles. The molecule has 0 amide bonds. The van der Waals surface area contributed by atoms with Crippen molar-refractivity contribution in [1.29, 1.82) is 0 Å². The van der Waals surface area contributed by atoms with Crippen molar-refractivity contribution in [2.75, 3.05) is 11.9 Å². The number of nitrogens with zero attached hydrogens (tertiary/aromatic N) is 1. The van der Waals surface area contributed by atoms with Crippen LogP contribution in [0, 0.1) is 5.92 Å². The molecule has 0 aliphatic rings. The first-order valence-corrected chi connectivity index (χ1v) is 5.79. The van der Waals surface area contributed by atoms with Gasteiger partial charge in [0.2, 0.25) is 0 Å². The van der Waals surface area contributed by atoms with Gasteiger partial charge in [0, 0.05) is 17.2 Å². The Morgan fingerprint density at radius 2 is 2.20 bits per heavy atom. The van der Waals surface area contributed by atoms with Crippen LogP contribution < -0.4 is 5.32 Å². The van der Waals surface area contributed by atoms with E-state index in [1.807, 2.05) is 32.9 Å². The minimum Gasteiger partial charge on any atom is -0.388 e. The highest BCUT2D eigenvalue weighted by atomic mass is 79.9. The summed E-state index contributed by atoms with van der Waals surface area (Å²) in [5, 5.41) is 13.1. The van der Waals surface area contributed by atoms with E-state index in [9.17, 15) is 5.11 Å². The van der Waals surface area contributed by atoms with Crippen molar-refractivity contribution < 1.29 is 5.11 Å². The van der Waals surface area contributed by atoms with Crippen LogP contribution in [0.3, 0.4) is 0 Å². The number of halogens is 1. The van der Waals surface area contributed by atoms with Crippen molar-refractivity contribution in [1.82, 2.24) is 4.98 Å². The third kappa shape index (κ3) is 3.80. The quantitative estimate of drug-likeness (QED) is 0.886. The molecule has 15 heavy (non-hydrogen) atoms. The average Bonchev–Trinajstić information content (AvgIpc) is 2.17. The summed E-state index contributed by atoms with van der Waals surface area (Å²) < 4.78 is 0.948. The predicted molar refractivity (Wildman–Crippen MR) is 65.9 cm³/mol. The first-order valence-electron chi connectivity index (χ1n) is 4.99. The van der Waals surface area contributed by atoms with Gasteiger partial charge < -0.3 is 10.4 Å². The highest BCUT2D eigenvalue weighted by Crippen LogP contribution is 2.17. The van der Waals surface area contributed by atoms with E-state index < -0.39 is 5.60 Å². The Morgan fingerprint density at radius 1 is 1.53 bits per heavy atom. The maximum atomic E-state index is 10.0. The Bertz CT molecular complexity index is 309. The van der Waals surface area contributed by atoms with Gasteiger partial charge in [-0.3, -0.25) is 0 Å². The van der Waals surface area contributed by atoms with Gasteiger partial charge in [-0.2, -0.15) is 0 Å². The Labute approximate surface area is 99.1 Å². The molecule has 0 aliphatic heterocycles. The summed E-state index contributed by atoms with van der Waals surface area (Å²) in [6, 6.07) is 3.79. The molecule has 4 heteroatoms. The van der Waals surface area contributed by atoms with E-state index in [1.54, 1.807) is 6.20 Å². The number of rotatable bonds is 4. The zero-order valence-electron chi connectivity index (χ0n) is 9.29. The van der Waals surface area contributed by atoms with E-state index in [0.29, 0.717) is 6.54 Å². The zero-order valence-corrected chi connectivity index (χ0v) is 10.9. The second-order valence-electron chi connectivity index (χ2n) is 4.23. The standard InChI is InChI=1S/C11H17BrN2O/c1-8(2)11(3,15)7-14-10-5-4-9(12)6-13-10/h4-6,8,15H,7H2,1-3H3,(H,13,14)/t11-/m1/s1. The van der Waals surface area contributed by atoms with Crippen molar-refractivity contribution in [3.63, 3.8) is 0 Å². The highest BCUT2D eigenvalue weighted by Gasteiger charge is 2.24. The molecule has 0 unspecified atom stereocenters. The van der Waals surface area contributed by atoms with Crippen LogP contribution in [-0.2, 0) is 0 Å². The lowest BCUT2D eigenvalue weighted by Crippen LogP contribution is -2.38. The largest absolute Gasteiger partial charge is 0.388 e. The molecule has 0 saturated heterocycles. The molecular formula is C11H17BrN2O. The van der Waals surface area contributed by atoms with E-state index in [2.05, 4.69) is 26.2 Å². The second-order valence-corrected chi connectivity index (χ2v) is 5.14. The summed E-state index contributed by atoms with van der Waals surface area (Å²) in [5.74, 6) is 0.986. The fourth-order valence-electron chi connectivity index (χ4n) is 0.954. The molecule has 0 bridgehead atoms. The number of aliphatic hydroxyl groups is 1. The second kappa shape index (κ2) is 4.94. The summed E-state index contributed by atoms with van der Waals surface area (Å²) in [6.07, 6.45) is 1.73. The van der Waals surface area contributed by atoms with Crippen LogP contribution >= 0.6 is 15.9 Å². The average molecular weight is 273 g/mol. The third-order valence-corrected chi connectivity index (χ3v) is 3.07. The molecule has 0 saturated carbocycles. The van der Waals surface area contributed by atoms with Gasteiger partial charge in [-0.1, -0.05) is 13.8 Å². The molecule has 1 heterocycles. The van der Waals surface area contributed by atoms with Crippen molar-refractivity contribution in [2.45, 2.75) is 26.4 Å². The van der Waals surface area contributed by atoms with Gasteiger partial charge in [-0.25, -0.2) is 4.98 Å². The van der Waals surface area contributed by atoms with Gasteiger partial charge in [-0.05, 0) is 40.9 Å². The van der Waals surface area contributed by atoms with Crippen molar-refractivity contribution in [3.05, 3.63) is 22.8 Å². The number of anilines is 1. The lowest BCUT2D eigenvalue weighted by atomic mass is 9.93. The van der Waals surface area contributed by atoms with E-state index in [-0.39, 0.29) is 5.92 Å². The number of hydrogen-bond donors (Lipinski definition) is 2. The van der Waals surface area contributed by atoms with Crippen LogP contribution in [0.25, 0.3) is 0 Å². The number of hydrogen-bond acceptors (Lipinski definition) is 3. The van der Waals surface area contributed by atoms with E-state index >= 15 is 0 Å². The first-order chi connectivity index (χ1) is 6.92. The van der Waals surface area contributed by atoms with Gasteiger partial charge in [0.15, 0.2) is 0 Å². The topological polar surface area (TPSA) is 45.1 Å². The maximum absolute atomic E-state index is 10.0. The Balaban J connectivity index is 2.54. The molecule has 1 atom stereocenters. The summed E-state index contributed by atoms with van der Waals surface area (Å²) >= 11 is 3.32. The van der Waals surface area contributed by atoms with Gasteiger partial charge >= 0.3 is 0 Å². The number of nitrogens with one attached hydrogen (secondary N) is 1. The summed E-state index contributed by atoms with van der Waals surface area (Å²) in [6.45, 7) is 6.32. The molecular weight excluding hydrogens is 256 g/mol. The fraction of sp³-hybridized carbons (Fsp3) is 0.545. The molecule has 1 aromatic rings. The van der Waals surface area contributed by atoms with Crippen LogP contribution in [0.1, 0.15) is 20.8 Å². The molecule has 0 radical (unpaired) electrons. The molecule has 3 nitrogen and oxygen atoms in total. The highest BCUT2D eigenvalue weighted by molar-refractivity contribution is 9.10. The Hall–Kier alpha value is -0.610. The first kappa shape index (κ1) is 12.5. The normalized spacial score (nSPS) is 15.1. The Morgan fingerprint density at radius 3 is 2.67 bits per heavy atom. The van der Waals surface area contributed by atoms with Gasteiger partial charge in [0.05, 0.1) is 5.60 Å². The van der Waals surface area contributed by atoms with Crippen LogP contribution in [0.2, 0.25) is 0 Å². The third-order valence-electron chi connectivity index (χ3n) is 2.60. The van der Waals surface area contributed by atoms with E-state index in [4.69, 9.17) is 0 Å². The monoisotopic (exact) mass is 272 g/mol. The fourth-order valence-corrected chi connectivity index (χ4v) is 1.19. The van der Waals surface area contributed by atoms with Crippen molar-refractivity contribution in [3.8, 4) is 0 Å². The molecule has 2 N–H and O–H groups in total. The molecule has 1 aromatic heterocycles. The molecule has 0 aromatic carbocycles. The molecule has 0 fully saturated rings. The smallest absolute Gasteiger partial charge is 0.126 e. The van der Waals surface area contributed by atoms with Crippen molar-refractivity contribution in [2.24, 2.45) is 5.92 Å². The maximum Gasteiger partial charge on any atom is 0.126 e. The van der Waals surface area contributed by atoms with Crippen LogP contribution in [0.15, 0.2) is 22.8 Å². The van der Waals surface area contributed by atoms with Crippen LogP contribution in [0.4, 0.5) is 5.82 Å². The Kier molecular flexibility index (Phi) is 4.11. The molecule has 84 valence electrons. The summed E-state index contributed by atoms with van der Waals surface area (Å²) in [5.41, 5.74) is -0.714. The zero-order chi connectivity index (χ0) is 11.5. The van der Waals surface area contributed by atoms with Crippen LogP contribution in [0.5, 0.6) is 0 Å². The number of pyridine rings is 1. The van der Waals surface area contributed by atoms with Crippen LogP contribution in [-0.4, -0.2) is 22.2 Å². The lowest BCUT2D eigenvalue weighted by Gasteiger charge is -2.28. The molecule has 0 spiro atoms.